The molecule has 3 saturated carbocycles. The zero-order valence-corrected chi connectivity index (χ0v) is 45.1. The van der Waals surface area contributed by atoms with Gasteiger partial charge in [-0.25, -0.2) is 38.4 Å². The third-order valence-electron chi connectivity index (χ3n) is 9.68. The Hall–Kier alpha value is -0.790. The number of anilines is 1. The van der Waals surface area contributed by atoms with Crippen LogP contribution in [-0.2, 0) is 39.1 Å². The fraction of sp³-hybridized carbons (Fsp3) is 0.515. The first-order valence-electron chi connectivity index (χ1n) is 17.9. The van der Waals surface area contributed by atoms with E-state index in [4.69, 9.17) is 30.6 Å². The van der Waals surface area contributed by atoms with E-state index < -0.39 is 39.1 Å². The van der Waals surface area contributed by atoms with Gasteiger partial charge in [-0.15, -0.1) is 45.3 Å². The molecule has 0 unspecified atom stereocenters. The van der Waals surface area contributed by atoms with Gasteiger partial charge < -0.3 is 25.1 Å². The van der Waals surface area contributed by atoms with Crippen molar-refractivity contribution in [3.8, 4) is 23.0 Å². The van der Waals surface area contributed by atoms with E-state index in [1.807, 2.05) is 0 Å². The molecule has 4 aromatic rings. The van der Waals surface area contributed by atoms with Gasteiger partial charge >= 0.3 is 0 Å². The van der Waals surface area contributed by atoms with Crippen molar-refractivity contribution < 1.29 is 53.0 Å². The van der Waals surface area contributed by atoms with E-state index in [0.29, 0.717) is 24.9 Å². The standard InChI is InChI=1S/C10H14BrNO3S2.C9H12BrNO3S2.C9H14N2O3S2.C5H4BrClO3S2/c1-12(7-4-3-5-7)17(13,14)10-9(15-2)8(11)6-16-10;1-14-8-7(10)5-15-9(8)16(12,13)11-6-3-2-4-6;1-11(6-3-2-4-6)16(13,14)9-8(12)7(10)5-15-9;1-10-4-3(6)2-11-5(4)12(7,8)9/h6-7H,3-5H2,1-2H3;5-6,11H,2-4H2,1H3;5-6,12H,2-4,10H2,1H3;2H,1H3. The van der Waals surface area contributed by atoms with Crippen LogP contribution in [0.15, 0.2) is 51.8 Å². The molecule has 28 heteroatoms. The summed E-state index contributed by atoms with van der Waals surface area (Å²) >= 11 is 14.0. The Morgan fingerprint density at radius 2 is 1.00 bits per heavy atom. The zero-order chi connectivity index (χ0) is 45.7. The van der Waals surface area contributed by atoms with Gasteiger partial charge in [-0.2, -0.15) is 8.61 Å². The number of thiophene rings is 4. The maximum atomic E-state index is 12.4. The number of hydrogen-bond acceptors (Lipinski definition) is 17. The highest BCUT2D eigenvalue weighted by Crippen LogP contribution is 2.43. The molecule has 3 aliphatic rings. The molecule has 344 valence electrons. The number of nitrogens with one attached hydrogen (secondary N) is 1. The summed E-state index contributed by atoms with van der Waals surface area (Å²) in [6.07, 6.45) is 8.78. The number of rotatable bonds is 13. The molecule has 0 aromatic carbocycles. The Kier molecular flexibility index (Phi) is 19.2. The minimum Gasteiger partial charge on any atom is -0.504 e. The second-order valence-electron chi connectivity index (χ2n) is 13.4. The van der Waals surface area contributed by atoms with Crippen LogP contribution in [0.25, 0.3) is 0 Å². The van der Waals surface area contributed by atoms with Crippen LogP contribution < -0.4 is 24.7 Å². The third-order valence-corrected chi connectivity index (χ3v) is 25.2. The number of aromatic hydroxyl groups is 1. The SMILES string of the molecule is CN(C1CCC1)S(=O)(=O)c1scc(N)c1O.COc1c(Br)csc1S(=O)(=O)Cl.COc1c(Br)csc1S(=O)(=O)N(C)C1CCC1.COc1c(Br)csc1S(=O)(=O)NC1CCC1. The van der Waals surface area contributed by atoms with E-state index in [9.17, 15) is 38.8 Å². The summed E-state index contributed by atoms with van der Waals surface area (Å²) in [7, 11) is -1.46. The number of methoxy groups -OCH3 is 3. The van der Waals surface area contributed by atoms with Gasteiger partial charge in [0.15, 0.2) is 39.8 Å². The molecule has 4 N–H and O–H groups in total. The summed E-state index contributed by atoms with van der Waals surface area (Å²) in [6, 6.07) is 0.300. The quantitative estimate of drug-likeness (QED) is 0.107. The number of ether oxygens (including phenoxy) is 3. The Labute approximate surface area is 402 Å². The Morgan fingerprint density at radius 3 is 1.33 bits per heavy atom. The molecule has 0 amide bonds. The molecule has 0 saturated heterocycles. The average molecular weight is 1220 g/mol. The summed E-state index contributed by atoms with van der Waals surface area (Å²) in [6.45, 7) is 0. The molecule has 7 rings (SSSR count). The van der Waals surface area contributed by atoms with Crippen molar-refractivity contribution in [2.75, 3.05) is 41.2 Å². The van der Waals surface area contributed by atoms with Gasteiger partial charge in [-0.1, -0.05) is 19.3 Å². The highest BCUT2D eigenvalue weighted by molar-refractivity contribution is 9.11. The molecule has 0 atom stereocenters. The minimum absolute atomic E-state index is 0.0264. The first-order valence-corrected chi connectivity index (χ1v) is 30.4. The van der Waals surface area contributed by atoms with Gasteiger partial charge in [-0.05, 0) is 86.3 Å². The summed E-state index contributed by atoms with van der Waals surface area (Å²) < 4.78 is 118. The molecule has 0 spiro atoms. The van der Waals surface area contributed by atoms with E-state index in [1.165, 1.54) is 46.7 Å². The smallest absolute Gasteiger partial charge is 0.274 e. The van der Waals surface area contributed by atoms with Gasteiger partial charge in [0.05, 0.1) is 40.4 Å². The van der Waals surface area contributed by atoms with Crippen molar-refractivity contribution in [1.29, 1.82) is 0 Å². The van der Waals surface area contributed by atoms with E-state index >= 15 is 0 Å². The normalized spacial score (nSPS) is 16.2. The number of nitrogen functional groups attached to an aromatic ring is 1. The van der Waals surface area contributed by atoms with Crippen LogP contribution in [0.3, 0.4) is 0 Å². The van der Waals surface area contributed by atoms with Crippen molar-refractivity contribution in [2.24, 2.45) is 0 Å². The summed E-state index contributed by atoms with van der Waals surface area (Å²) in [5.74, 6) is 0.726. The molecule has 0 bridgehead atoms. The van der Waals surface area contributed by atoms with Crippen LogP contribution >= 0.6 is 104 Å². The summed E-state index contributed by atoms with van der Waals surface area (Å²) in [5, 5.41) is 16.1. The molecule has 0 radical (unpaired) electrons. The first kappa shape index (κ1) is 52.8. The fourth-order valence-corrected chi connectivity index (χ4v) is 18.7. The molecule has 4 aromatic heterocycles. The lowest BCUT2D eigenvalue weighted by atomic mass is 9.94. The minimum atomic E-state index is -3.69. The number of sulfonamides is 3. The van der Waals surface area contributed by atoms with Gasteiger partial charge in [0.25, 0.3) is 39.1 Å². The number of nitrogens with two attached hydrogens (primary N) is 1. The van der Waals surface area contributed by atoms with Crippen LogP contribution in [0.2, 0.25) is 0 Å². The van der Waals surface area contributed by atoms with Crippen molar-refractivity contribution in [2.45, 2.75) is 92.7 Å². The highest BCUT2D eigenvalue weighted by Gasteiger charge is 2.36. The van der Waals surface area contributed by atoms with Crippen LogP contribution in [-0.4, -0.2) is 101 Å². The molecule has 4 heterocycles. The van der Waals surface area contributed by atoms with E-state index in [0.717, 1.165) is 91.8 Å². The van der Waals surface area contributed by atoms with Crippen LogP contribution in [0, 0.1) is 0 Å². The lowest BCUT2D eigenvalue weighted by molar-refractivity contribution is 0.249. The first-order chi connectivity index (χ1) is 28.4. The van der Waals surface area contributed by atoms with Gasteiger partial charge in [0, 0.05) is 64.4 Å². The molecule has 3 fully saturated rings. The van der Waals surface area contributed by atoms with Gasteiger partial charge in [0.2, 0.25) is 0 Å². The van der Waals surface area contributed by atoms with E-state index in [1.54, 1.807) is 30.2 Å². The van der Waals surface area contributed by atoms with Gasteiger partial charge in [-0.3, -0.25) is 0 Å². The molecule has 61 heavy (non-hydrogen) atoms. The predicted molar refractivity (Wildman–Crippen MR) is 252 cm³/mol. The molecular weight excluding hydrogens is 1180 g/mol. The lowest BCUT2D eigenvalue weighted by Gasteiger charge is -2.33. The van der Waals surface area contributed by atoms with Crippen molar-refractivity contribution >= 4 is 149 Å². The maximum absolute atomic E-state index is 12.4. The van der Waals surface area contributed by atoms with E-state index in [2.05, 4.69) is 52.5 Å². The Balaban J connectivity index is 0.000000180. The van der Waals surface area contributed by atoms with Crippen LogP contribution in [0.4, 0.5) is 5.69 Å². The number of hydrogen-bond donors (Lipinski definition) is 3. The lowest BCUT2D eigenvalue weighted by Crippen LogP contribution is -2.41. The van der Waals surface area contributed by atoms with Gasteiger partial charge in [0.1, 0.15) is 0 Å². The number of halogens is 4. The van der Waals surface area contributed by atoms with Crippen LogP contribution in [0.1, 0.15) is 57.8 Å². The van der Waals surface area contributed by atoms with Crippen LogP contribution in [0.5, 0.6) is 23.0 Å². The largest absolute Gasteiger partial charge is 0.504 e. The highest BCUT2D eigenvalue weighted by atomic mass is 79.9. The molecule has 16 nitrogen and oxygen atoms in total. The summed E-state index contributed by atoms with van der Waals surface area (Å²) in [5.41, 5.74) is 5.55. The molecule has 0 aliphatic heterocycles. The van der Waals surface area contributed by atoms with E-state index in [-0.39, 0.29) is 52.1 Å². The van der Waals surface area contributed by atoms with Crippen molar-refractivity contribution in [3.05, 3.63) is 34.9 Å². The fourth-order valence-electron chi connectivity index (χ4n) is 5.49. The third kappa shape index (κ3) is 12.6. The predicted octanol–water partition coefficient (Wildman–Crippen LogP) is 8.70. The Morgan fingerprint density at radius 1 is 0.639 bits per heavy atom. The maximum Gasteiger partial charge on any atom is 0.274 e. The second kappa shape index (κ2) is 22.1. The topological polar surface area (TPSA) is 229 Å². The molecular formula is C33H44Br3ClN4O12S8. The zero-order valence-electron chi connectivity index (χ0n) is 33.1. The monoisotopic (exact) mass is 1220 g/mol. The summed E-state index contributed by atoms with van der Waals surface area (Å²) in [4.78, 5) is 0. The Bertz CT molecular complexity index is 2570. The second-order valence-corrected chi connectivity index (χ2v) is 28.6. The number of nitrogens with zero attached hydrogens (tertiary/aromatic N) is 2. The molecule has 3 aliphatic carbocycles. The van der Waals surface area contributed by atoms with Crippen molar-refractivity contribution in [1.82, 2.24) is 13.3 Å². The average Bonchev–Trinajstić information content (AvgIpc) is 3.90. The van der Waals surface area contributed by atoms with Crippen molar-refractivity contribution in [3.63, 3.8) is 0 Å².